The van der Waals surface area contributed by atoms with Gasteiger partial charge in [0.15, 0.2) is 0 Å². The zero-order valence-corrected chi connectivity index (χ0v) is 30.0. The Bertz CT molecular complexity index is 1950. The Kier molecular flexibility index (Phi) is 10.6. The van der Waals surface area contributed by atoms with Crippen LogP contribution < -0.4 is 11.5 Å². The summed E-state index contributed by atoms with van der Waals surface area (Å²) in [5.41, 5.74) is 18.4. The SMILES string of the molecule is Cc1c(-c2ccc(-c3cnc(C4CCCN4C(=O)C[C@H](C)OC(N)=O)[nH]3)cc2)ccc(-c2cnc(C3CCCN3C(=O)C[C@H](C)OC(N)=O)[nH]2)c1C. The van der Waals surface area contributed by atoms with E-state index in [1.54, 1.807) is 29.8 Å². The van der Waals surface area contributed by atoms with E-state index in [0.717, 1.165) is 82.1 Å². The molecule has 0 radical (unpaired) electrons. The number of hydrogen-bond donors (Lipinski definition) is 4. The Morgan fingerprint density at radius 3 is 1.67 bits per heavy atom. The molecule has 2 aromatic heterocycles. The predicted molar refractivity (Wildman–Crippen MR) is 193 cm³/mol. The average Bonchev–Trinajstić information content (AvgIpc) is 3.91. The van der Waals surface area contributed by atoms with Gasteiger partial charge in [-0.05, 0) is 81.2 Å². The number of nitrogens with two attached hydrogens (primary N) is 2. The lowest BCUT2D eigenvalue weighted by atomic mass is 9.92. The van der Waals surface area contributed by atoms with Gasteiger partial charge >= 0.3 is 12.2 Å². The van der Waals surface area contributed by atoms with E-state index in [0.29, 0.717) is 13.1 Å². The van der Waals surface area contributed by atoms with Gasteiger partial charge in [0.1, 0.15) is 23.9 Å². The van der Waals surface area contributed by atoms with Gasteiger partial charge in [-0.1, -0.05) is 36.4 Å². The van der Waals surface area contributed by atoms with Gasteiger partial charge < -0.3 is 40.7 Å². The van der Waals surface area contributed by atoms with Gasteiger partial charge in [0.2, 0.25) is 11.8 Å². The number of nitrogens with one attached hydrogen (secondary N) is 2. The van der Waals surface area contributed by atoms with Crippen molar-refractivity contribution in [3.8, 4) is 33.6 Å². The van der Waals surface area contributed by atoms with Crippen LogP contribution in [0.15, 0.2) is 48.8 Å². The summed E-state index contributed by atoms with van der Waals surface area (Å²) >= 11 is 0. The second kappa shape index (κ2) is 15.3. The highest BCUT2D eigenvalue weighted by molar-refractivity contribution is 5.79. The Hall–Kier alpha value is -5.66. The number of amides is 4. The minimum absolute atomic E-state index is 0.0653. The van der Waals surface area contributed by atoms with Gasteiger partial charge in [0.25, 0.3) is 0 Å². The monoisotopic (exact) mass is 710 g/mol. The smallest absolute Gasteiger partial charge is 0.404 e. The number of imidazole rings is 2. The highest BCUT2D eigenvalue weighted by Gasteiger charge is 2.34. The maximum Gasteiger partial charge on any atom is 0.404 e. The number of primary amides is 2. The van der Waals surface area contributed by atoms with Crippen molar-refractivity contribution in [3.05, 3.63) is 71.6 Å². The van der Waals surface area contributed by atoms with E-state index < -0.39 is 24.4 Å². The molecular weight excluding hydrogens is 664 g/mol. The third kappa shape index (κ3) is 7.80. The molecule has 0 aliphatic carbocycles. The van der Waals surface area contributed by atoms with Crippen molar-refractivity contribution in [1.29, 1.82) is 0 Å². The number of hydrogen-bond acceptors (Lipinski definition) is 8. The summed E-state index contributed by atoms with van der Waals surface area (Å²) in [4.78, 5) is 68.0. The number of aromatic amines is 2. The third-order valence-corrected chi connectivity index (χ3v) is 10.1. The fourth-order valence-corrected chi connectivity index (χ4v) is 7.46. The summed E-state index contributed by atoms with van der Waals surface area (Å²) in [5.74, 6) is 1.27. The van der Waals surface area contributed by atoms with E-state index in [4.69, 9.17) is 20.9 Å². The van der Waals surface area contributed by atoms with Crippen LogP contribution in [0.25, 0.3) is 33.6 Å². The Morgan fingerprint density at radius 1 is 0.712 bits per heavy atom. The van der Waals surface area contributed by atoms with Crippen LogP contribution in [-0.2, 0) is 19.1 Å². The molecule has 274 valence electrons. The van der Waals surface area contributed by atoms with Crippen molar-refractivity contribution in [2.75, 3.05) is 13.1 Å². The molecule has 0 bridgehead atoms. The van der Waals surface area contributed by atoms with Crippen LogP contribution in [-0.4, -0.2) is 79.0 Å². The third-order valence-electron chi connectivity index (χ3n) is 10.1. The summed E-state index contributed by atoms with van der Waals surface area (Å²) in [6.45, 7) is 8.76. The van der Waals surface area contributed by atoms with E-state index in [1.807, 2.05) is 6.20 Å². The first-order valence-corrected chi connectivity index (χ1v) is 17.7. The van der Waals surface area contributed by atoms with Crippen molar-refractivity contribution >= 4 is 24.0 Å². The fraction of sp³-hybridized carbons (Fsp3) is 0.421. The lowest BCUT2D eigenvalue weighted by Crippen LogP contribution is -2.34. The summed E-state index contributed by atoms with van der Waals surface area (Å²) in [7, 11) is 0. The zero-order valence-electron chi connectivity index (χ0n) is 30.0. The van der Waals surface area contributed by atoms with Crippen molar-refractivity contribution in [2.24, 2.45) is 11.5 Å². The summed E-state index contributed by atoms with van der Waals surface area (Å²) in [6.07, 6.45) is 4.09. The lowest BCUT2D eigenvalue weighted by Gasteiger charge is -2.24. The first kappa shape index (κ1) is 36.1. The van der Waals surface area contributed by atoms with Gasteiger partial charge in [0, 0.05) is 18.7 Å². The first-order chi connectivity index (χ1) is 24.9. The molecule has 2 aliphatic heterocycles. The number of H-pyrrole nitrogens is 2. The molecule has 14 nitrogen and oxygen atoms in total. The highest BCUT2D eigenvalue weighted by Crippen LogP contribution is 2.37. The number of carbonyl (C=O) groups is 4. The zero-order chi connectivity index (χ0) is 37.1. The van der Waals surface area contributed by atoms with Crippen molar-refractivity contribution < 1.29 is 28.7 Å². The molecule has 4 heterocycles. The van der Waals surface area contributed by atoms with Gasteiger partial charge in [-0.2, -0.15) is 0 Å². The summed E-state index contributed by atoms with van der Waals surface area (Å²) in [5, 5.41) is 0. The topological polar surface area (TPSA) is 203 Å². The van der Waals surface area contributed by atoms with Gasteiger partial charge in [-0.15, -0.1) is 0 Å². The minimum atomic E-state index is -0.892. The Labute approximate surface area is 302 Å². The Morgan fingerprint density at radius 2 is 1.15 bits per heavy atom. The van der Waals surface area contributed by atoms with Crippen molar-refractivity contribution in [3.63, 3.8) is 0 Å². The van der Waals surface area contributed by atoms with E-state index in [-0.39, 0.29) is 36.7 Å². The number of nitrogens with zero attached hydrogens (tertiary/aromatic N) is 4. The number of rotatable bonds is 11. The molecule has 0 spiro atoms. The molecule has 6 rings (SSSR count). The van der Waals surface area contributed by atoms with Crippen LogP contribution in [0.5, 0.6) is 0 Å². The van der Waals surface area contributed by atoms with Crippen LogP contribution in [0.2, 0.25) is 0 Å². The predicted octanol–water partition coefficient (Wildman–Crippen LogP) is 5.83. The van der Waals surface area contributed by atoms with E-state index >= 15 is 0 Å². The maximum atomic E-state index is 13.0. The fourth-order valence-electron chi connectivity index (χ4n) is 7.46. The van der Waals surface area contributed by atoms with Gasteiger partial charge in [-0.3, -0.25) is 9.59 Å². The van der Waals surface area contributed by atoms with Gasteiger partial charge in [-0.25, -0.2) is 19.6 Å². The van der Waals surface area contributed by atoms with Gasteiger partial charge in [0.05, 0.1) is 48.7 Å². The standard InChI is InChI=1S/C38H46N8O6/c1-21(51-37(39)49)17-33(47)45-15-5-7-31(45)35-41-19-29(43-35)26-11-9-25(10-12-26)27-13-14-28(24(4)23(27)3)30-20-42-36(44-30)32-8-6-16-46(32)34(48)18-22(2)52-38(40)50/h9-14,19-22,31-32H,5-8,15-18H2,1-4H3,(H2,39,49)(H2,40,50)(H,41,43)(H,42,44)/t21-,22-,31?,32?/m0/s1. The quantitative estimate of drug-likeness (QED) is 0.149. The molecule has 52 heavy (non-hydrogen) atoms. The van der Waals surface area contributed by atoms with Crippen molar-refractivity contribution in [1.82, 2.24) is 29.7 Å². The van der Waals surface area contributed by atoms with Crippen LogP contribution in [0.4, 0.5) is 9.59 Å². The number of carbonyl (C=O) groups excluding carboxylic acids is 4. The first-order valence-electron chi connectivity index (χ1n) is 17.7. The molecule has 6 N–H and O–H groups in total. The molecule has 0 saturated carbocycles. The molecule has 4 aromatic rings. The maximum absolute atomic E-state index is 13.0. The molecule has 2 aliphatic rings. The average molecular weight is 711 g/mol. The molecule has 2 saturated heterocycles. The molecule has 4 atom stereocenters. The summed E-state index contributed by atoms with van der Waals surface area (Å²) < 4.78 is 9.91. The second-order valence-electron chi connectivity index (χ2n) is 13.7. The number of likely N-dealkylation sites (tertiary alicyclic amines) is 2. The number of benzene rings is 2. The van der Waals surface area contributed by atoms with E-state index in [9.17, 15) is 19.2 Å². The minimum Gasteiger partial charge on any atom is -0.446 e. The molecule has 2 fully saturated rings. The number of aromatic nitrogens is 4. The molecule has 2 aromatic carbocycles. The largest absolute Gasteiger partial charge is 0.446 e. The molecule has 2 unspecified atom stereocenters. The highest BCUT2D eigenvalue weighted by atomic mass is 16.6. The van der Waals surface area contributed by atoms with Crippen LogP contribution in [0.3, 0.4) is 0 Å². The van der Waals surface area contributed by atoms with E-state index in [1.165, 1.54) is 0 Å². The lowest BCUT2D eigenvalue weighted by molar-refractivity contribution is -0.135. The molecule has 4 amide bonds. The second-order valence-corrected chi connectivity index (χ2v) is 13.7. The Balaban J connectivity index is 1.13. The van der Waals surface area contributed by atoms with Crippen LogP contribution >= 0.6 is 0 Å². The molecule has 14 heteroatoms. The molecular formula is C38H46N8O6. The summed E-state index contributed by atoms with van der Waals surface area (Å²) in [6, 6.07) is 12.2. The van der Waals surface area contributed by atoms with E-state index in [2.05, 4.69) is 70.2 Å². The van der Waals surface area contributed by atoms with Crippen LogP contribution in [0.1, 0.15) is 87.2 Å². The van der Waals surface area contributed by atoms with Crippen LogP contribution in [0, 0.1) is 13.8 Å². The van der Waals surface area contributed by atoms with Crippen molar-refractivity contribution in [2.45, 2.75) is 90.5 Å². The normalized spacial score (nSPS) is 18.3. The number of ether oxygens (including phenoxy) is 2.